The van der Waals surface area contributed by atoms with Gasteiger partial charge in [0.25, 0.3) is 5.91 Å². The Balaban J connectivity index is 2.82. The van der Waals surface area contributed by atoms with Gasteiger partial charge in [-0.3, -0.25) is 9.59 Å². The highest BCUT2D eigenvalue weighted by atomic mass is 35.5. The van der Waals surface area contributed by atoms with Crippen LogP contribution >= 0.6 is 11.6 Å². The van der Waals surface area contributed by atoms with Gasteiger partial charge in [-0.1, -0.05) is 52.1 Å². The molecule has 25 heavy (non-hydrogen) atoms. The fraction of sp³-hybridized carbons (Fsp3) is 0.579. The Kier molecular flexibility index (Phi) is 8.39. The lowest BCUT2D eigenvalue weighted by atomic mass is 9.92. The minimum absolute atomic E-state index is 0.0809. The van der Waals surface area contributed by atoms with Crippen molar-refractivity contribution in [2.45, 2.75) is 59.4 Å². The molecule has 0 aliphatic rings. The quantitative estimate of drug-likeness (QED) is 0.650. The smallest absolute Gasteiger partial charge is 0.253 e. The van der Waals surface area contributed by atoms with Crippen LogP contribution in [0.25, 0.3) is 0 Å². The lowest BCUT2D eigenvalue weighted by Gasteiger charge is -2.19. The first-order valence-electron chi connectivity index (χ1n) is 8.76. The second-order valence-electron chi connectivity index (χ2n) is 7.53. The van der Waals surface area contributed by atoms with Crippen molar-refractivity contribution >= 4 is 29.1 Å². The number of rotatable bonds is 8. The van der Waals surface area contributed by atoms with Crippen LogP contribution in [0.4, 0.5) is 5.69 Å². The Morgan fingerprint density at radius 2 is 1.96 bits per heavy atom. The first-order valence-corrected chi connectivity index (χ1v) is 9.14. The molecule has 4 N–H and O–H groups in total. The van der Waals surface area contributed by atoms with Gasteiger partial charge in [0, 0.05) is 24.7 Å². The second-order valence-corrected chi connectivity index (χ2v) is 7.94. The summed E-state index contributed by atoms with van der Waals surface area (Å²) >= 11 is 6.16. The molecule has 0 radical (unpaired) electrons. The predicted molar refractivity (Wildman–Crippen MR) is 104 cm³/mol. The molecular weight excluding hydrogens is 338 g/mol. The molecule has 1 atom stereocenters. The molecule has 140 valence electrons. The molecule has 0 aliphatic carbocycles. The van der Waals surface area contributed by atoms with Gasteiger partial charge in [-0.15, -0.1) is 0 Å². The highest BCUT2D eigenvalue weighted by Gasteiger charge is 2.18. The number of benzene rings is 1. The summed E-state index contributed by atoms with van der Waals surface area (Å²) in [6, 6.07) is 4.83. The van der Waals surface area contributed by atoms with Gasteiger partial charge in [-0.05, 0) is 30.0 Å². The molecular formula is C19H30ClN3O2. The average molecular weight is 368 g/mol. The summed E-state index contributed by atoms with van der Waals surface area (Å²) in [5.74, 6) is -0.368. The van der Waals surface area contributed by atoms with E-state index in [1.54, 1.807) is 18.2 Å². The van der Waals surface area contributed by atoms with E-state index in [0.29, 0.717) is 29.2 Å². The molecule has 6 heteroatoms. The van der Waals surface area contributed by atoms with Crippen molar-refractivity contribution in [3.05, 3.63) is 28.8 Å². The zero-order valence-electron chi connectivity index (χ0n) is 15.6. The highest BCUT2D eigenvalue weighted by Crippen LogP contribution is 2.23. The van der Waals surface area contributed by atoms with Crippen molar-refractivity contribution in [3.8, 4) is 0 Å². The van der Waals surface area contributed by atoms with Gasteiger partial charge >= 0.3 is 0 Å². The van der Waals surface area contributed by atoms with Gasteiger partial charge in [0.15, 0.2) is 0 Å². The van der Waals surface area contributed by atoms with Crippen LogP contribution < -0.4 is 16.4 Å². The summed E-state index contributed by atoms with van der Waals surface area (Å²) in [6.45, 7) is 8.46. The summed E-state index contributed by atoms with van der Waals surface area (Å²) in [5, 5.41) is 6.08. The Morgan fingerprint density at radius 3 is 2.52 bits per heavy atom. The molecule has 0 fully saturated rings. The number of nitrogens with two attached hydrogens (primary N) is 1. The number of hydrogen-bond acceptors (Lipinski definition) is 3. The highest BCUT2D eigenvalue weighted by molar-refractivity contribution is 6.34. The zero-order chi connectivity index (χ0) is 19.0. The van der Waals surface area contributed by atoms with E-state index < -0.39 is 0 Å². The summed E-state index contributed by atoms with van der Waals surface area (Å²) in [4.78, 5) is 24.6. The third-order valence-corrected chi connectivity index (χ3v) is 4.04. The lowest BCUT2D eigenvalue weighted by Crippen LogP contribution is -2.40. The lowest BCUT2D eigenvalue weighted by molar-refractivity contribution is -0.117. The molecule has 0 saturated heterocycles. The predicted octanol–water partition coefficient (Wildman–Crippen LogP) is 3.96. The maximum absolute atomic E-state index is 12.5. The van der Waals surface area contributed by atoms with E-state index in [-0.39, 0.29) is 23.3 Å². The number of hydrogen-bond donors (Lipinski definition) is 3. The van der Waals surface area contributed by atoms with E-state index in [2.05, 4.69) is 17.6 Å². The summed E-state index contributed by atoms with van der Waals surface area (Å²) in [7, 11) is 0. The topological polar surface area (TPSA) is 84.2 Å². The van der Waals surface area contributed by atoms with Crippen LogP contribution in [-0.2, 0) is 4.79 Å². The van der Waals surface area contributed by atoms with E-state index in [1.165, 1.54) is 0 Å². The van der Waals surface area contributed by atoms with Crippen LogP contribution in [0.1, 0.15) is 63.7 Å². The minimum Gasteiger partial charge on any atom is -0.348 e. The molecule has 1 aromatic rings. The Morgan fingerprint density at radius 1 is 1.28 bits per heavy atom. The van der Waals surface area contributed by atoms with Crippen molar-refractivity contribution in [2.24, 2.45) is 11.1 Å². The van der Waals surface area contributed by atoms with E-state index in [4.69, 9.17) is 17.3 Å². The van der Waals surface area contributed by atoms with Gasteiger partial charge in [0.05, 0.1) is 10.6 Å². The first kappa shape index (κ1) is 21.5. The fourth-order valence-corrected chi connectivity index (χ4v) is 2.63. The van der Waals surface area contributed by atoms with Crippen LogP contribution in [0.5, 0.6) is 0 Å². The van der Waals surface area contributed by atoms with Gasteiger partial charge in [0.1, 0.15) is 0 Å². The molecule has 0 aromatic heterocycles. The Bertz CT molecular complexity index is 597. The maximum atomic E-state index is 12.5. The molecule has 0 aliphatic heterocycles. The molecule has 0 spiro atoms. The van der Waals surface area contributed by atoms with Gasteiger partial charge in [0.2, 0.25) is 5.91 Å². The number of anilines is 1. The first-order chi connectivity index (χ1) is 11.7. The normalized spacial score (nSPS) is 12.6. The van der Waals surface area contributed by atoms with Crippen LogP contribution in [-0.4, -0.2) is 24.4 Å². The second kappa shape index (κ2) is 9.78. The van der Waals surface area contributed by atoms with Crippen LogP contribution in [0.2, 0.25) is 5.02 Å². The van der Waals surface area contributed by atoms with Crippen molar-refractivity contribution in [1.29, 1.82) is 0 Å². The number of nitrogens with one attached hydrogen (secondary N) is 2. The number of amides is 2. The molecule has 2 amide bonds. The summed E-state index contributed by atoms with van der Waals surface area (Å²) in [5.41, 5.74) is 6.52. The fourth-order valence-electron chi connectivity index (χ4n) is 2.43. The van der Waals surface area contributed by atoms with E-state index in [9.17, 15) is 9.59 Å². The Hall–Kier alpha value is -1.59. The standard InChI is InChI=1S/C19H30ClN3O2/c1-5-6-7-14(12-21)23-18(25)15-10-13(8-9-16(15)20)22-17(24)11-19(2,3)4/h8-10,14H,5-7,11-12,21H2,1-4H3,(H,22,24)(H,23,25). The van der Waals surface area contributed by atoms with Crippen LogP contribution in [0, 0.1) is 5.41 Å². The van der Waals surface area contributed by atoms with E-state index in [1.807, 2.05) is 20.8 Å². The molecule has 1 unspecified atom stereocenters. The SMILES string of the molecule is CCCCC(CN)NC(=O)c1cc(NC(=O)CC(C)(C)C)ccc1Cl. The van der Waals surface area contributed by atoms with E-state index in [0.717, 1.165) is 19.3 Å². The maximum Gasteiger partial charge on any atom is 0.253 e. The molecule has 0 saturated carbocycles. The minimum atomic E-state index is -0.275. The van der Waals surface area contributed by atoms with Gasteiger partial charge in [-0.2, -0.15) is 0 Å². The molecule has 5 nitrogen and oxygen atoms in total. The monoisotopic (exact) mass is 367 g/mol. The number of unbranched alkanes of at least 4 members (excludes halogenated alkanes) is 1. The van der Waals surface area contributed by atoms with Crippen molar-refractivity contribution < 1.29 is 9.59 Å². The van der Waals surface area contributed by atoms with Crippen molar-refractivity contribution in [3.63, 3.8) is 0 Å². The van der Waals surface area contributed by atoms with Gasteiger partial charge < -0.3 is 16.4 Å². The third-order valence-electron chi connectivity index (χ3n) is 3.71. The molecule has 0 heterocycles. The number of carbonyl (C=O) groups is 2. The largest absolute Gasteiger partial charge is 0.348 e. The number of carbonyl (C=O) groups excluding carboxylic acids is 2. The van der Waals surface area contributed by atoms with Crippen molar-refractivity contribution in [1.82, 2.24) is 5.32 Å². The molecule has 0 bridgehead atoms. The zero-order valence-corrected chi connectivity index (χ0v) is 16.4. The van der Waals surface area contributed by atoms with Crippen molar-refractivity contribution in [2.75, 3.05) is 11.9 Å². The van der Waals surface area contributed by atoms with Crippen LogP contribution in [0.15, 0.2) is 18.2 Å². The third kappa shape index (κ3) is 7.88. The van der Waals surface area contributed by atoms with Crippen LogP contribution in [0.3, 0.4) is 0 Å². The summed E-state index contributed by atoms with van der Waals surface area (Å²) < 4.78 is 0. The van der Waals surface area contributed by atoms with Gasteiger partial charge in [-0.25, -0.2) is 0 Å². The number of halogens is 1. The summed E-state index contributed by atoms with van der Waals surface area (Å²) in [6.07, 6.45) is 3.27. The Labute approximate surface area is 155 Å². The molecule has 1 aromatic carbocycles. The van der Waals surface area contributed by atoms with E-state index >= 15 is 0 Å². The average Bonchev–Trinajstić information content (AvgIpc) is 2.51. The molecule has 1 rings (SSSR count).